The molecule has 3 saturated heterocycles. The summed E-state index contributed by atoms with van der Waals surface area (Å²) in [5.41, 5.74) is 16.7. The van der Waals surface area contributed by atoms with Gasteiger partial charge in [0.05, 0.1) is 61.8 Å². The van der Waals surface area contributed by atoms with Crippen LogP contribution >= 0.6 is 0 Å². The van der Waals surface area contributed by atoms with Gasteiger partial charge in [-0.25, -0.2) is 45.2 Å². The number of nitrogens with one attached hydrogen (secondary N) is 2. The zero-order valence-electron chi connectivity index (χ0n) is 46.7. The third kappa shape index (κ3) is 14.5. The van der Waals surface area contributed by atoms with Crippen LogP contribution in [0.15, 0.2) is 141 Å². The average molecular weight is 1210 g/mol. The summed E-state index contributed by atoms with van der Waals surface area (Å²) in [7, 11) is -8.60. The maximum atomic E-state index is 11.6. The third-order valence-electron chi connectivity index (χ3n) is 15.2. The fourth-order valence-corrected chi connectivity index (χ4v) is 14.2. The molecule has 4 aromatic heterocycles. The maximum absolute atomic E-state index is 11.6. The zero-order chi connectivity index (χ0) is 59.3. The van der Waals surface area contributed by atoms with Crippen molar-refractivity contribution in [2.75, 3.05) is 123 Å². The average Bonchev–Trinajstić information content (AvgIpc) is 4.37. The second-order valence-electron chi connectivity index (χ2n) is 21.1. The van der Waals surface area contributed by atoms with Gasteiger partial charge in [-0.1, -0.05) is 36.4 Å². The summed E-state index contributed by atoms with van der Waals surface area (Å²) >= 11 is 0. The Bertz CT molecular complexity index is 4270. The van der Waals surface area contributed by atoms with Crippen molar-refractivity contribution < 1.29 is 43.4 Å². The van der Waals surface area contributed by atoms with Crippen molar-refractivity contribution in [3.05, 3.63) is 143 Å². The Morgan fingerprint density at radius 2 is 0.894 bits per heavy atom. The summed E-state index contributed by atoms with van der Waals surface area (Å²) in [6, 6.07) is 39.2. The summed E-state index contributed by atoms with van der Waals surface area (Å²) in [6.07, 6.45) is 0. The van der Waals surface area contributed by atoms with Crippen molar-refractivity contribution in [1.82, 2.24) is 39.2 Å². The summed E-state index contributed by atoms with van der Waals surface area (Å²) in [6.45, 7) is 9.54. The van der Waals surface area contributed by atoms with Gasteiger partial charge in [-0.05, 0) is 91.9 Å². The predicted molar refractivity (Wildman–Crippen MR) is 330 cm³/mol. The van der Waals surface area contributed by atoms with Gasteiger partial charge in [-0.2, -0.15) is 0 Å². The van der Waals surface area contributed by atoms with Crippen molar-refractivity contribution in [1.29, 1.82) is 0 Å². The van der Waals surface area contributed by atoms with Gasteiger partial charge in [0, 0.05) is 101 Å². The standard InChI is InChI=1S/C21H22N4O3S.C19H20N4O5S.C19H22N4O3S/c1-15-22-18-14-16(21-23-17-4-2-3-5-20(17)28-21)6-7-19(18)25(15)9-8-24-10-12-29(26,27)13-11-24;24-23(25)17-13-14(19-21-16-3-1-2-4-18(16)28-19)5-6-15(17)20-7-8-22-9-11-29(26,27)12-10-22;20-15-13-14(19-22-17-3-1-2-4-18(17)26-19)5-6-16(15)21-7-8-23-9-11-27(24,25)12-10-23/h2-7,14H,8-13H2,1H3;1-6,13,20H,7-12H2;1-6,13,21H,7-12,20H2. The van der Waals surface area contributed by atoms with Gasteiger partial charge < -0.3 is 34.2 Å². The Morgan fingerprint density at radius 1 is 0.494 bits per heavy atom. The SMILES string of the molecule is Cc1nc2cc(-c3nc4ccccc4o3)ccc2n1CCN1CCS(=O)(=O)CC1.Nc1cc(-c2nc3ccccc3o2)ccc1NCCN1CCS(=O)(=O)CC1.O=[N+]([O-])c1cc(-c2nc3ccccc3o2)ccc1NCCN1CCS(=O)(=O)CC1. The smallest absolute Gasteiger partial charge is 0.293 e. The molecule has 0 radical (unpaired) electrons. The Morgan fingerprint density at radius 3 is 1.34 bits per heavy atom. The molecule has 3 fully saturated rings. The molecule has 3 aliphatic heterocycles. The lowest BCUT2D eigenvalue weighted by Crippen LogP contribution is -2.42. The van der Waals surface area contributed by atoms with E-state index in [2.05, 4.69) is 46.0 Å². The first kappa shape index (κ1) is 58.5. The molecule has 7 heterocycles. The Balaban J connectivity index is 0.000000133. The largest absolute Gasteiger partial charge is 0.436 e. The number of hydrogen-bond acceptors (Lipinski definition) is 21. The Kier molecular flexibility index (Phi) is 17.3. The molecule has 0 bridgehead atoms. The van der Waals surface area contributed by atoms with E-state index in [0.717, 1.165) is 75.5 Å². The van der Waals surface area contributed by atoms with Crippen LogP contribution in [0.4, 0.5) is 22.7 Å². The van der Waals surface area contributed by atoms with Crippen LogP contribution in [0.2, 0.25) is 0 Å². The molecule has 3 aliphatic rings. The molecule has 10 aromatic rings. The number of nitrogens with zero attached hydrogens (tertiary/aromatic N) is 9. The van der Waals surface area contributed by atoms with Crippen molar-refractivity contribution in [2.24, 2.45) is 0 Å². The minimum absolute atomic E-state index is 0.0639. The van der Waals surface area contributed by atoms with E-state index in [0.29, 0.717) is 105 Å². The second kappa shape index (κ2) is 25.1. The molecule has 4 N–H and O–H groups in total. The van der Waals surface area contributed by atoms with Crippen LogP contribution in [0.5, 0.6) is 0 Å². The minimum Gasteiger partial charge on any atom is -0.436 e. The van der Waals surface area contributed by atoms with E-state index in [1.807, 2.05) is 109 Å². The van der Waals surface area contributed by atoms with Crippen LogP contribution in [0, 0.1) is 17.0 Å². The fourth-order valence-electron chi connectivity index (χ4n) is 10.3. The number of nitro groups is 1. The van der Waals surface area contributed by atoms with Crippen LogP contribution in [0.25, 0.3) is 78.7 Å². The molecule has 0 saturated carbocycles. The molecule has 6 aromatic carbocycles. The highest BCUT2D eigenvalue weighted by Gasteiger charge is 2.25. The molecule has 26 heteroatoms. The first-order chi connectivity index (χ1) is 40.9. The first-order valence-corrected chi connectivity index (χ1v) is 33.3. The van der Waals surface area contributed by atoms with Gasteiger partial charge in [0.2, 0.25) is 17.7 Å². The monoisotopic (exact) mass is 1210 g/mol. The number of aromatic nitrogens is 5. The van der Waals surface area contributed by atoms with E-state index < -0.39 is 34.4 Å². The van der Waals surface area contributed by atoms with Crippen molar-refractivity contribution >= 4 is 96.6 Å². The number of fused-ring (bicyclic) bond motifs is 4. The number of hydrogen-bond donors (Lipinski definition) is 3. The highest BCUT2D eigenvalue weighted by atomic mass is 32.2. The van der Waals surface area contributed by atoms with Gasteiger partial charge in [-0.3, -0.25) is 24.8 Å². The lowest BCUT2D eigenvalue weighted by molar-refractivity contribution is -0.383. The molecule has 0 atom stereocenters. The van der Waals surface area contributed by atoms with Crippen molar-refractivity contribution in [3.8, 4) is 34.4 Å². The third-order valence-corrected chi connectivity index (χ3v) is 20.1. The van der Waals surface area contributed by atoms with E-state index in [1.54, 1.807) is 18.2 Å². The lowest BCUT2D eigenvalue weighted by atomic mass is 10.1. The van der Waals surface area contributed by atoms with E-state index in [1.165, 1.54) is 6.07 Å². The maximum Gasteiger partial charge on any atom is 0.293 e. The number of anilines is 3. The number of rotatable bonds is 15. The molecule has 0 spiro atoms. The second-order valence-corrected chi connectivity index (χ2v) is 28.0. The molecule has 85 heavy (non-hydrogen) atoms. The normalized spacial score (nSPS) is 17.0. The van der Waals surface area contributed by atoms with Crippen molar-refractivity contribution in [3.63, 3.8) is 0 Å². The van der Waals surface area contributed by atoms with Gasteiger partial charge in [0.25, 0.3) is 5.69 Å². The molecule has 444 valence electrons. The highest BCUT2D eigenvalue weighted by Crippen LogP contribution is 2.33. The number of sulfone groups is 3. The number of para-hydroxylation sites is 6. The predicted octanol–water partition coefficient (Wildman–Crippen LogP) is 7.65. The molecular weight excluding hydrogens is 1150 g/mol. The summed E-state index contributed by atoms with van der Waals surface area (Å²) < 4.78 is 88.7. The van der Waals surface area contributed by atoms with Crippen LogP contribution in [0.1, 0.15) is 5.82 Å². The molecule has 13 rings (SSSR count). The van der Waals surface area contributed by atoms with Crippen LogP contribution in [0.3, 0.4) is 0 Å². The summed E-state index contributed by atoms with van der Waals surface area (Å²) in [5, 5.41) is 18.0. The number of nitro benzene ring substituents is 1. The number of imidazole rings is 1. The van der Waals surface area contributed by atoms with Crippen molar-refractivity contribution in [2.45, 2.75) is 13.5 Å². The molecule has 0 amide bonds. The van der Waals surface area contributed by atoms with Gasteiger partial charge >= 0.3 is 0 Å². The summed E-state index contributed by atoms with van der Waals surface area (Å²) in [4.78, 5) is 35.7. The van der Waals surface area contributed by atoms with E-state index in [9.17, 15) is 35.4 Å². The van der Waals surface area contributed by atoms with E-state index >= 15 is 0 Å². The molecular formula is C59H64N12O11S3. The van der Waals surface area contributed by atoms with E-state index in [4.69, 9.17) is 24.0 Å². The number of nitrogen functional groups attached to an aromatic ring is 1. The first-order valence-electron chi connectivity index (χ1n) is 27.9. The zero-order valence-corrected chi connectivity index (χ0v) is 49.1. The highest BCUT2D eigenvalue weighted by molar-refractivity contribution is 7.92. The molecule has 23 nitrogen and oxygen atoms in total. The minimum atomic E-state index is -2.92. The van der Waals surface area contributed by atoms with Gasteiger partial charge in [0.15, 0.2) is 46.3 Å². The molecule has 0 unspecified atom stereocenters. The fraction of sp³-hybridized carbons (Fsp3) is 0.322. The molecule has 0 aliphatic carbocycles. The lowest BCUT2D eigenvalue weighted by Gasteiger charge is -2.26. The number of nitrogens with two attached hydrogens (primary N) is 1. The van der Waals surface area contributed by atoms with E-state index in [-0.39, 0.29) is 40.2 Å². The van der Waals surface area contributed by atoms with Gasteiger partial charge in [-0.15, -0.1) is 0 Å². The Hall–Kier alpha value is -8.27. The van der Waals surface area contributed by atoms with Gasteiger partial charge in [0.1, 0.15) is 28.1 Å². The quantitative estimate of drug-likeness (QED) is 0.0504. The number of benzene rings is 6. The van der Waals surface area contributed by atoms with Crippen LogP contribution < -0.4 is 16.4 Å². The number of oxazole rings is 3. The Labute approximate surface area is 490 Å². The van der Waals surface area contributed by atoms with Crippen LogP contribution in [-0.2, 0) is 36.1 Å². The number of aryl methyl sites for hydroxylation is 1. The van der Waals surface area contributed by atoms with Crippen LogP contribution in [-0.4, -0.2) is 176 Å². The summed E-state index contributed by atoms with van der Waals surface area (Å²) in [5.74, 6) is 3.73. The topological polar surface area (TPSA) is 301 Å².